The lowest BCUT2D eigenvalue weighted by atomic mass is 10.0. The van der Waals surface area contributed by atoms with Crippen molar-refractivity contribution >= 4 is 11.8 Å². The van der Waals surface area contributed by atoms with Gasteiger partial charge in [0, 0.05) is 51.0 Å². The van der Waals surface area contributed by atoms with E-state index in [9.17, 15) is 9.59 Å². The monoisotopic (exact) mass is 383 g/mol. The van der Waals surface area contributed by atoms with Gasteiger partial charge in [-0.25, -0.2) is 0 Å². The van der Waals surface area contributed by atoms with Crippen LogP contribution >= 0.6 is 0 Å². The molecule has 0 radical (unpaired) electrons. The van der Waals surface area contributed by atoms with Crippen LogP contribution in [0.15, 0.2) is 30.6 Å². The summed E-state index contributed by atoms with van der Waals surface area (Å²) in [6.07, 6.45) is 5.30. The molecule has 0 spiro atoms. The summed E-state index contributed by atoms with van der Waals surface area (Å²) in [6.45, 7) is 7.48. The van der Waals surface area contributed by atoms with Gasteiger partial charge in [0.25, 0.3) is 5.91 Å². The standard InChI is InChI=1S/C21H29N5O2/c1-15(2)20(27)26(13-17-7-5-9-22-12-17)18-8-6-10-25(14-18)21(28)19-11-16(3)23-24(19)4/h5,7,9,11-12,15,18H,6,8,10,13-14H2,1-4H3. The zero-order valence-electron chi connectivity index (χ0n) is 17.1. The second-order valence-corrected chi connectivity index (χ2v) is 7.82. The molecule has 0 saturated carbocycles. The highest BCUT2D eigenvalue weighted by Gasteiger charge is 2.32. The van der Waals surface area contributed by atoms with E-state index in [0.717, 1.165) is 24.1 Å². The second-order valence-electron chi connectivity index (χ2n) is 7.82. The Hall–Kier alpha value is -2.70. The van der Waals surface area contributed by atoms with Gasteiger partial charge in [-0.05, 0) is 37.5 Å². The number of carbonyl (C=O) groups excluding carboxylic acids is 2. The molecule has 1 saturated heterocycles. The smallest absolute Gasteiger partial charge is 0.272 e. The van der Waals surface area contributed by atoms with Gasteiger partial charge in [0.15, 0.2) is 0 Å². The molecular formula is C21H29N5O2. The summed E-state index contributed by atoms with van der Waals surface area (Å²) < 4.78 is 1.63. The third-order valence-electron chi connectivity index (χ3n) is 5.20. The van der Waals surface area contributed by atoms with Gasteiger partial charge in [0.1, 0.15) is 5.69 Å². The highest BCUT2D eigenvalue weighted by atomic mass is 16.2. The minimum Gasteiger partial charge on any atom is -0.335 e. The molecule has 7 nitrogen and oxygen atoms in total. The lowest BCUT2D eigenvalue weighted by Gasteiger charge is -2.40. The average molecular weight is 383 g/mol. The lowest BCUT2D eigenvalue weighted by Crippen LogP contribution is -2.52. The summed E-state index contributed by atoms with van der Waals surface area (Å²) in [5.74, 6) is -0.00636. The van der Waals surface area contributed by atoms with Crippen molar-refractivity contribution in [2.75, 3.05) is 13.1 Å². The van der Waals surface area contributed by atoms with E-state index >= 15 is 0 Å². The van der Waals surface area contributed by atoms with Crippen LogP contribution in [0.25, 0.3) is 0 Å². The lowest BCUT2D eigenvalue weighted by molar-refractivity contribution is -0.138. The van der Waals surface area contributed by atoms with Crippen molar-refractivity contribution < 1.29 is 9.59 Å². The first-order valence-corrected chi connectivity index (χ1v) is 9.86. The molecule has 150 valence electrons. The predicted octanol–water partition coefficient (Wildman–Crippen LogP) is 2.41. The maximum absolute atomic E-state index is 13.0. The quantitative estimate of drug-likeness (QED) is 0.795. The molecule has 28 heavy (non-hydrogen) atoms. The largest absolute Gasteiger partial charge is 0.335 e. The van der Waals surface area contributed by atoms with Gasteiger partial charge in [0.2, 0.25) is 5.91 Å². The molecule has 1 aliphatic heterocycles. The Morgan fingerprint density at radius 1 is 1.36 bits per heavy atom. The van der Waals surface area contributed by atoms with Gasteiger partial charge in [-0.3, -0.25) is 19.3 Å². The van der Waals surface area contributed by atoms with Gasteiger partial charge in [-0.15, -0.1) is 0 Å². The molecule has 0 aliphatic carbocycles. The maximum Gasteiger partial charge on any atom is 0.272 e. The minimum atomic E-state index is -0.0949. The van der Waals surface area contributed by atoms with E-state index in [1.165, 1.54) is 0 Å². The number of piperidine rings is 1. The van der Waals surface area contributed by atoms with Crippen LogP contribution in [0.1, 0.15) is 48.4 Å². The number of pyridine rings is 1. The minimum absolute atomic E-state index is 0.00197. The molecule has 1 unspecified atom stereocenters. The summed E-state index contributed by atoms with van der Waals surface area (Å²) in [6, 6.07) is 5.69. The Bertz CT molecular complexity index is 831. The van der Waals surface area contributed by atoms with Crippen LogP contribution in [0, 0.1) is 12.8 Å². The SMILES string of the molecule is Cc1cc(C(=O)N2CCCC(N(Cc3cccnc3)C(=O)C(C)C)C2)n(C)n1. The van der Waals surface area contributed by atoms with Crippen molar-refractivity contribution in [3.63, 3.8) is 0 Å². The van der Waals surface area contributed by atoms with Gasteiger partial charge >= 0.3 is 0 Å². The summed E-state index contributed by atoms with van der Waals surface area (Å²) in [4.78, 5) is 33.9. The number of aromatic nitrogens is 3. The molecule has 2 aromatic heterocycles. The van der Waals surface area contributed by atoms with E-state index in [0.29, 0.717) is 25.3 Å². The number of amides is 2. The Labute approximate surface area is 166 Å². The number of rotatable bonds is 5. The molecule has 0 N–H and O–H groups in total. The molecule has 2 aromatic rings. The Morgan fingerprint density at radius 3 is 2.75 bits per heavy atom. The number of likely N-dealkylation sites (tertiary alicyclic amines) is 1. The Balaban J connectivity index is 1.79. The fraction of sp³-hybridized carbons (Fsp3) is 0.524. The molecular weight excluding hydrogens is 354 g/mol. The van der Waals surface area contributed by atoms with Crippen LogP contribution in [0.5, 0.6) is 0 Å². The molecule has 3 heterocycles. The first kappa shape index (κ1) is 20.0. The van der Waals surface area contributed by atoms with Crippen molar-refractivity contribution in [1.82, 2.24) is 24.6 Å². The second kappa shape index (κ2) is 8.54. The van der Waals surface area contributed by atoms with Crippen molar-refractivity contribution in [3.05, 3.63) is 47.5 Å². The van der Waals surface area contributed by atoms with Crippen LogP contribution in [0.2, 0.25) is 0 Å². The van der Waals surface area contributed by atoms with Gasteiger partial charge in [-0.1, -0.05) is 19.9 Å². The number of hydrogen-bond donors (Lipinski definition) is 0. The highest BCUT2D eigenvalue weighted by molar-refractivity contribution is 5.92. The molecule has 2 amide bonds. The molecule has 3 rings (SSSR count). The number of carbonyl (C=O) groups is 2. The molecule has 1 fully saturated rings. The van der Waals surface area contributed by atoms with Crippen molar-refractivity contribution in [1.29, 1.82) is 0 Å². The molecule has 0 bridgehead atoms. The Kier molecular flexibility index (Phi) is 6.11. The van der Waals surface area contributed by atoms with Crippen LogP contribution in [0.4, 0.5) is 0 Å². The van der Waals surface area contributed by atoms with Gasteiger partial charge in [-0.2, -0.15) is 5.10 Å². The fourth-order valence-electron chi connectivity index (χ4n) is 3.77. The number of nitrogens with zero attached hydrogens (tertiary/aromatic N) is 5. The molecule has 1 atom stereocenters. The summed E-state index contributed by atoms with van der Waals surface area (Å²) in [5.41, 5.74) is 2.42. The zero-order chi connectivity index (χ0) is 20.3. The number of aryl methyl sites for hydroxylation is 2. The first-order valence-electron chi connectivity index (χ1n) is 9.86. The summed E-state index contributed by atoms with van der Waals surface area (Å²) in [7, 11) is 1.79. The summed E-state index contributed by atoms with van der Waals surface area (Å²) in [5, 5.41) is 4.29. The average Bonchev–Trinajstić information content (AvgIpc) is 3.03. The highest BCUT2D eigenvalue weighted by Crippen LogP contribution is 2.22. The Morgan fingerprint density at radius 2 is 2.14 bits per heavy atom. The van der Waals surface area contributed by atoms with E-state index in [1.54, 1.807) is 24.1 Å². The van der Waals surface area contributed by atoms with E-state index in [4.69, 9.17) is 0 Å². The predicted molar refractivity (Wildman–Crippen MR) is 106 cm³/mol. The van der Waals surface area contributed by atoms with Crippen molar-refractivity contribution in [2.45, 2.75) is 46.2 Å². The third kappa shape index (κ3) is 4.40. The van der Waals surface area contributed by atoms with Crippen LogP contribution in [-0.4, -0.2) is 55.5 Å². The first-order chi connectivity index (χ1) is 13.4. The fourth-order valence-corrected chi connectivity index (χ4v) is 3.77. The maximum atomic E-state index is 13.0. The van der Waals surface area contributed by atoms with E-state index in [2.05, 4.69) is 10.1 Å². The topological polar surface area (TPSA) is 71.3 Å². The van der Waals surface area contributed by atoms with Crippen molar-refractivity contribution in [3.8, 4) is 0 Å². The van der Waals surface area contributed by atoms with Crippen molar-refractivity contribution in [2.24, 2.45) is 13.0 Å². The third-order valence-corrected chi connectivity index (χ3v) is 5.20. The molecule has 1 aliphatic rings. The molecule has 7 heteroatoms. The van der Waals surface area contributed by atoms with Crippen LogP contribution < -0.4 is 0 Å². The van der Waals surface area contributed by atoms with E-state index in [-0.39, 0.29) is 23.8 Å². The van der Waals surface area contributed by atoms with Gasteiger partial charge < -0.3 is 9.80 Å². The normalized spacial score (nSPS) is 17.0. The number of hydrogen-bond acceptors (Lipinski definition) is 4. The van der Waals surface area contributed by atoms with Crippen LogP contribution in [0.3, 0.4) is 0 Å². The van der Waals surface area contributed by atoms with Gasteiger partial charge in [0.05, 0.1) is 5.69 Å². The van der Waals surface area contributed by atoms with E-state index in [1.807, 2.05) is 48.8 Å². The van der Waals surface area contributed by atoms with E-state index < -0.39 is 0 Å². The zero-order valence-corrected chi connectivity index (χ0v) is 17.1. The molecule has 0 aromatic carbocycles. The van der Waals surface area contributed by atoms with Crippen LogP contribution in [-0.2, 0) is 18.4 Å². The summed E-state index contributed by atoms with van der Waals surface area (Å²) >= 11 is 0.